The summed E-state index contributed by atoms with van der Waals surface area (Å²) in [7, 11) is 0. The van der Waals surface area contributed by atoms with Crippen LogP contribution in [-0.4, -0.2) is 63.5 Å². The molecule has 126 valence electrons. The Hall–Kier alpha value is -2.09. The van der Waals surface area contributed by atoms with E-state index in [1.54, 1.807) is 37.8 Å². The van der Waals surface area contributed by atoms with Gasteiger partial charge in [-0.05, 0) is 32.9 Å². The van der Waals surface area contributed by atoms with E-state index in [9.17, 15) is 14.7 Å². The third-order valence-corrected chi connectivity index (χ3v) is 3.43. The Labute approximate surface area is 139 Å². The van der Waals surface area contributed by atoms with Crippen LogP contribution in [0.15, 0.2) is 12.1 Å². The Kier molecular flexibility index (Phi) is 4.93. The van der Waals surface area contributed by atoms with Crippen molar-refractivity contribution in [3.05, 3.63) is 17.3 Å². The number of ether oxygens (including phenoxy) is 1. The predicted molar refractivity (Wildman–Crippen MR) is 83.6 cm³/mol. The SMILES string of the molecule is CC(C)(C)OC(=O)N1CCN(c2ccc(Cl)nn2)[C@@H](C(=O)O)C1. The lowest BCUT2D eigenvalue weighted by Crippen LogP contribution is -2.58. The average Bonchev–Trinajstić information content (AvgIpc) is 2.45. The van der Waals surface area contributed by atoms with Crippen LogP contribution in [0.4, 0.5) is 10.6 Å². The zero-order valence-electron chi connectivity index (χ0n) is 13.2. The number of carbonyl (C=O) groups is 2. The van der Waals surface area contributed by atoms with Crippen LogP contribution in [0, 0.1) is 0 Å². The maximum absolute atomic E-state index is 12.1. The van der Waals surface area contributed by atoms with Crippen LogP contribution < -0.4 is 4.90 Å². The van der Waals surface area contributed by atoms with Gasteiger partial charge in [0.1, 0.15) is 11.6 Å². The number of aliphatic carboxylic acids is 1. The van der Waals surface area contributed by atoms with Gasteiger partial charge >= 0.3 is 12.1 Å². The van der Waals surface area contributed by atoms with Crippen molar-refractivity contribution in [1.29, 1.82) is 0 Å². The fourth-order valence-electron chi connectivity index (χ4n) is 2.22. The number of hydrogen-bond acceptors (Lipinski definition) is 6. The van der Waals surface area contributed by atoms with Crippen molar-refractivity contribution in [1.82, 2.24) is 15.1 Å². The molecule has 1 aromatic rings. The van der Waals surface area contributed by atoms with Crippen LogP contribution in [0.3, 0.4) is 0 Å². The van der Waals surface area contributed by atoms with E-state index in [2.05, 4.69) is 10.2 Å². The number of halogens is 1. The molecule has 0 radical (unpaired) electrons. The number of amides is 1. The van der Waals surface area contributed by atoms with Gasteiger partial charge in [-0.1, -0.05) is 11.6 Å². The maximum atomic E-state index is 12.1. The number of piperazine rings is 1. The van der Waals surface area contributed by atoms with Gasteiger partial charge in [-0.25, -0.2) is 9.59 Å². The number of nitrogens with zero attached hydrogens (tertiary/aromatic N) is 4. The Morgan fingerprint density at radius 3 is 2.52 bits per heavy atom. The molecule has 1 atom stereocenters. The molecule has 0 aromatic carbocycles. The summed E-state index contributed by atoms with van der Waals surface area (Å²) in [6, 6.07) is 2.23. The van der Waals surface area contributed by atoms with Gasteiger partial charge in [0.15, 0.2) is 11.0 Å². The fourth-order valence-corrected chi connectivity index (χ4v) is 2.32. The lowest BCUT2D eigenvalue weighted by atomic mass is 10.1. The molecular weight excluding hydrogens is 324 g/mol. The highest BCUT2D eigenvalue weighted by Crippen LogP contribution is 2.20. The van der Waals surface area contributed by atoms with Crippen molar-refractivity contribution in [3.63, 3.8) is 0 Å². The normalized spacial score (nSPS) is 18.7. The molecule has 8 nitrogen and oxygen atoms in total. The highest BCUT2D eigenvalue weighted by molar-refractivity contribution is 6.29. The Morgan fingerprint density at radius 1 is 1.30 bits per heavy atom. The van der Waals surface area contributed by atoms with Gasteiger partial charge in [0.05, 0.1) is 6.54 Å². The van der Waals surface area contributed by atoms with Gasteiger partial charge in [-0.15, -0.1) is 10.2 Å². The van der Waals surface area contributed by atoms with E-state index < -0.39 is 23.7 Å². The van der Waals surface area contributed by atoms with E-state index in [4.69, 9.17) is 16.3 Å². The molecule has 1 N–H and O–H groups in total. The second-order valence-electron chi connectivity index (χ2n) is 6.19. The van der Waals surface area contributed by atoms with Crippen molar-refractivity contribution >= 4 is 29.5 Å². The maximum Gasteiger partial charge on any atom is 0.410 e. The third kappa shape index (κ3) is 4.44. The summed E-state index contributed by atoms with van der Waals surface area (Å²) in [5.41, 5.74) is -0.630. The highest BCUT2D eigenvalue weighted by Gasteiger charge is 2.36. The van der Waals surface area contributed by atoms with E-state index in [-0.39, 0.29) is 11.7 Å². The largest absolute Gasteiger partial charge is 0.480 e. The van der Waals surface area contributed by atoms with Crippen molar-refractivity contribution in [3.8, 4) is 0 Å². The molecule has 2 rings (SSSR count). The van der Waals surface area contributed by atoms with Crippen LogP contribution in [-0.2, 0) is 9.53 Å². The van der Waals surface area contributed by atoms with Crippen LogP contribution in [0.25, 0.3) is 0 Å². The van der Waals surface area contributed by atoms with Gasteiger partial charge in [-0.2, -0.15) is 0 Å². The average molecular weight is 343 g/mol. The van der Waals surface area contributed by atoms with Crippen LogP contribution in [0.2, 0.25) is 5.15 Å². The number of carbonyl (C=O) groups excluding carboxylic acids is 1. The number of rotatable bonds is 2. The van der Waals surface area contributed by atoms with E-state index in [1.807, 2.05) is 0 Å². The highest BCUT2D eigenvalue weighted by atomic mass is 35.5. The monoisotopic (exact) mass is 342 g/mol. The Balaban J connectivity index is 2.13. The molecular formula is C14H19ClN4O4. The molecule has 1 fully saturated rings. The topological polar surface area (TPSA) is 95.9 Å². The molecule has 1 saturated heterocycles. The van der Waals surface area contributed by atoms with Gasteiger partial charge in [-0.3, -0.25) is 0 Å². The molecule has 0 saturated carbocycles. The molecule has 0 bridgehead atoms. The summed E-state index contributed by atoms with van der Waals surface area (Å²) in [6.45, 7) is 5.95. The summed E-state index contributed by atoms with van der Waals surface area (Å²) in [5, 5.41) is 17.3. The summed E-state index contributed by atoms with van der Waals surface area (Å²) >= 11 is 5.70. The zero-order chi connectivity index (χ0) is 17.2. The Morgan fingerprint density at radius 2 is 2.00 bits per heavy atom. The van der Waals surface area contributed by atoms with E-state index >= 15 is 0 Å². The first-order valence-corrected chi connectivity index (χ1v) is 7.52. The summed E-state index contributed by atoms with van der Waals surface area (Å²) in [4.78, 5) is 26.7. The van der Waals surface area contributed by atoms with Crippen molar-refractivity contribution in [2.45, 2.75) is 32.4 Å². The number of aromatic nitrogens is 2. The van der Waals surface area contributed by atoms with Gasteiger partial charge in [0.25, 0.3) is 0 Å². The first-order valence-electron chi connectivity index (χ1n) is 7.14. The predicted octanol–water partition coefficient (Wildman–Crippen LogP) is 1.64. The fraction of sp³-hybridized carbons (Fsp3) is 0.571. The minimum Gasteiger partial charge on any atom is -0.480 e. The first kappa shape index (κ1) is 17.3. The summed E-state index contributed by atoms with van der Waals surface area (Å²) in [6.07, 6.45) is -0.523. The number of hydrogen-bond donors (Lipinski definition) is 1. The van der Waals surface area contributed by atoms with Crippen LogP contribution in [0.1, 0.15) is 20.8 Å². The molecule has 1 aliphatic rings. The van der Waals surface area contributed by atoms with E-state index in [0.717, 1.165) is 0 Å². The number of anilines is 1. The third-order valence-electron chi connectivity index (χ3n) is 3.23. The molecule has 2 heterocycles. The van der Waals surface area contributed by atoms with E-state index in [1.165, 1.54) is 4.90 Å². The van der Waals surface area contributed by atoms with Crippen molar-refractivity contribution in [2.75, 3.05) is 24.5 Å². The standard InChI is InChI=1S/C14H19ClN4O4/c1-14(2,3)23-13(22)18-6-7-19(9(8-18)12(20)21)11-5-4-10(15)16-17-11/h4-5,9H,6-8H2,1-3H3,(H,20,21)/t9-/m1/s1. The van der Waals surface area contributed by atoms with Crippen molar-refractivity contribution in [2.24, 2.45) is 0 Å². The smallest absolute Gasteiger partial charge is 0.410 e. The molecule has 1 aromatic heterocycles. The lowest BCUT2D eigenvalue weighted by molar-refractivity contribution is -0.139. The summed E-state index contributed by atoms with van der Waals surface area (Å²) < 4.78 is 5.29. The van der Waals surface area contributed by atoms with E-state index in [0.29, 0.717) is 18.9 Å². The minimum absolute atomic E-state index is 0.00849. The Bertz CT molecular complexity index is 587. The molecule has 23 heavy (non-hydrogen) atoms. The molecule has 0 unspecified atom stereocenters. The molecule has 0 spiro atoms. The first-order chi connectivity index (χ1) is 10.7. The lowest BCUT2D eigenvalue weighted by Gasteiger charge is -2.39. The molecule has 9 heteroatoms. The van der Waals surface area contributed by atoms with Crippen LogP contribution in [0.5, 0.6) is 0 Å². The molecule has 0 aliphatic carbocycles. The van der Waals surface area contributed by atoms with Gasteiger partial charge in [0, 0.05) is 13.1 Å². The molecule has 1 amide bonds. The van der Waals surface area contributed by atoms with Gasteiger partial charge < -0.3 is 19.6 Å². The van der Waals surface area contributed by atoms with Crippen molar-refractivity contribution < 1.29 is 19.4 Å². The van der Waals surface area contributed by atoms with Gasteiger partial charge in [0.2, 0.25) is 0 Å². The second-order valence-corrected chi connectivity index (χ2v) is 6.58. The minimum atomic E-state index is -1.05. The second kappa shape index (κ2) is 6.57. The number of carboxylic acids is 1. The van der Waals surface area contributed by atoms with Crippen LogP contribution >= 0.6 is 11.6 Å². The zero-order valence-corrected chi connectivity index (χ0v) is 13.9. The summed E-state index contributed by atoms with van der Waals surface area (Å²) in [5.74, 6) is -0.638. The quantitative estimate of drug-likeness (QED) is 0.872. The molecule has 1 aliphatic heterocycles. The number of carboxylic acid groups (broad SMARTS) is 1.